The van der Waals surface area contributed by atoms with Crippen LogP contribution in [0, 0.1) is 13.8 Å². The van der Waals surface area contributed by atoms with Crippen molar-refractivity contribution in [1.29, 1.82) is 0 Å². The molecule has 0 amide bonds. The van der Waals surface area contributed by atoms with Gasteiger partial charge in [0, 0.05) is 5.70 Å². The largest absolute Gasteiger partial charge is 0.497 e. The molecule has 0 aliphatic carbocycles. The second kappa shape index (κ2) is 6.09. The molecule has 0 radical (unpaired) electrons. The van der Waals surface area contributed by atoms with Crippen LogP contribution in [0.25, 0.3) is 5.70 Å². The summed E-state index contributed by atoms with van der Waals surface area (Å²) < 4.78 is 7.16. The zero-order valence-electron chi connectivity index (χ0n) is 14.5. The Kier molecular flexibility index (Phi) is 3.76. The van der Waals surface area contributed by atoms with Crippen molar-refractivity contribution in [2.75, 3.05) is 12.4 Å². The van der Waals surface area contributed by atoms with Gasteiger partial charge >= 0.3 is 0 Å². The molecule has 126 valence electrons. The van der Waals surface area contributed by atoms with E-state index in [1.807, 2.05) is 16.8 Å². The van der Waals surface area contributed by atoms with E-state index in [9.17, 15) is 0 Å². The average Bonchev–Trinajstić information content (AvgIpc) is 3.12. The number of fused-ring (bicyclic) bond motifs is 1. The predicted octanol–water partition coefficient (Wildman–Crippen LogP) is 3.96. The molecule has 0 unspecified atom stereocenters. The first-order valence-corrected chi connectivity index (χ1v) is 8.25. The van der Waals surface area contributed by atoms with Crippen LogP contribution >= 0.6 is 0 Å². The SMILES string of the molecule is COc1ccc([C@@H]2C=C(c3ccc(C)c(C)c3)Nc3ncnn32)cc1. The predicted molar refractivity (Wildman–Crippen MR) is 98.7 cm³/mol. The number of methoxy groups -OCH3 is 1. The zero-order valence-corrected chi connectivity index (χ0v) is 14.5. The second-order valence-corrected chi connectivity index (χ2v) is 6.25. The molecule has 0 saturated carbocycles. The zero-order chi connectivity index (χ0) is 17.4. The molecular weight excluding hydrogens is 312 g/mol. The fourth-order valence-corrected chi connectivity index (χ4v) is 3.05. The lowest BCUT2D eigenvalue weighted by atomic mass is 9.99. The highest BCUT2D eigenvalue weighted by molar-refractivity contribution is 5.77. The van der Waals surface area contributed by atoms with Crippen molar-refractivity contribution in [2.45, 2.75) is 19.9 Å². The molecule has 2 heterocycles. The van der Waals surface area contributed by atoms with Gasteiger partial charge in [-0.25, -0.2) is 4.68 Å². The van der Waals surface area contributed by atoms with Crippen LogP contribution in [0.3, 0.4) is 0 Å². The van der Waals surface area contributed by atoms with Crippen molar-refractivity contribution in [2.24, 2.45) is 0 Å². The van der Waals surface area contributed by atoms with Gasteiger partial charge in [-0.15, -0.1) is 0 Å². The maximum absolute atomic E-state index is 5.26. The van der Waals surface area contributed by atoms with E-state index in [1.165, 1.54) is 11.1 Å². The number of hydrogen-bond donors (Lipinski definition) is 1. The van der Waals surface area contributed by atoms with Crippen LogP contribution in [0.15, 0.2) is 54.9 Å². The van der Waals surface area contributed by atoms with E-state index in [4.69, 9.17) is 4.74 Å². The van der Waals surface area contributed by atoms with Gasteiger partial charge in [-0.05, 0) is 60.4 Å². The Morgan fingerprint density at radius 3 is 2.56 bits per heavy atom. The monoisotopic (exact) mass is 332 g/mol. The van der Waals surface area contributed by atoms with Crippen LogP contribution in [0.1, 0.15) is 28.3 Å². The topological polar surface area (TPSA) is 52.0 Å². The Bertz CT molecular complexity index is 941. The third-order valence-corrected chi connectivity index (χ3v) is 4.68. The summed E-state index contributed by atoms with van der Waals surface area (Å²) in [5, 5.41) is 7.77. The van der Waals surface area contributed by atoms with E-state index in [1.54, 1.807) is 13.4 Å². The highest BCUT2D eigenvalue weighted by Crippen LogP contribution is 2.32. The molecule has 1 N–H and O–H groups in total. The molecule has 4 rings (SSSR count). The van der Waals surface area contributed by atoms with Gasteiger partial charge in [0.1, 0.15) is 18.1 Å². The molecule has 1 aliphatic rings. The lowest BCUT2D eigenvalue weighted by Crippen LogP contribution is -2.20. The van der Waals surface area contributed by atoms with Crippen molar-refractivity contribution in [3.05, 3.63) is 77.1 Å². The molecular formula is C20H20N4O. The Morgan fingerprint density at radius 2 is 1.84 bits per heavy atom. The van der Waals surface area contributed by atoms with Gasteiger partial charge in [-0.1, -0.05) is 24.3 Å². The van der Waals surface area contributed by atoms with Gasteiger partial charge in [-0.2, -0.15) is 10.1 Å². The van der Waals surface area contributed by atoms with Gasteiger partial charge in [0.2, 0.25) is 5.95 Å². The van der Waals surface area contributed by atoms with Crippen LogP contribution in [-0.2, 0) is 0 Å². The quantitative estimate of drug-likeness (QED) is 0.789. The lowest BCUT2D eigenvalue weighted by molar-refractivity contribution is 0.414. The fourth-order valence-electron chi connectivity index (χ4n) is 3.05. The number of anilines is 1. The van der Waals surface area contributed by atoms with Crippen LogP contribution in [0.5, 0.6) is 5.75 Å². The van der Waals surface area contributed by atoms with Crippen LogP contribution in [-0.4, -0.2) is 21.9 Å². The summed E-state index contributed by atoms with van der Waals surface area (Å²) in [7, 11) is 1.67. The molecule has 25 heavy (non-hydrogen) atoms. The van der Waals surface area contributed by atoms with E-state index in [2.05, 4.69) is 65.7 Å². The Balaban J connectivity index is 1.78. The van der Waals surface area contributed by atoms with Crippen molar-refractivity contribution >= 4 is 11.6 Å². The Hall–Kier alpha value is -3.08. The van der Waals surface area contributed by atoms with E-state index in [0.717, 1.165) is 28.5 Å². The molecule has 3 aromatic rings. The second-order valence-electron chi connectivity index (χ2n) is 6.25. The summed E-state index contributed by atoms with van der Waals surface area (Å²) in [5.41, 5.74) is 5.89. The van der Waals surface area contributed by atoms with Crippen molar-refractivity contribution in [3.63, 3.8) is 0 Å². The van der Waals surface area contributed by atoms with Crippen molar-refractivity contribution in [1.82, 2.24) is 14.8 Å². The number of benzene rings is 2. The molecule has 1 aliphatic heterocycles. The van der Waals surface area contributed by atoms with Gasteiger partial charge < -0.3 is 10.1 Å². The van der Waals surface area contributed by atoms with Crippen LogP contribution in [0.2, 0.25) is 0 Å². The number of nitrogens with zero attached hydrogens (tertiary/aromatic N) is 3. The van der Waals surface area contributed by atoms with Gasteiger partial charge in [0.15, 0.2) is 0 Å². The molecule has 0 bridgehead atoms. The minimum atomic E-state index is -0.0127. The summed E-state index contributed by atoms with van der Waals surface area (Å²) in [6, 6.07) is 14.5. The van der Waals surface area contributed by atoms with E-state index in [0.29, 0.717) is 0 Å². The van der Waals surface area contributed by atoms with Crippen molar-refractivity contribution in [3.8, 4) is 5.75 Å². The first-order valence-electron chi connectivity index (χ1n) is 8.25. The molecule has 1 atom stereocenters. The molecule has 5 heteroatoms. The summed E-state index contributed by atoms with van der Waals surface area (Å²) in [5.74, 6) is 1.59. The normalized spacial score (nSPS) is 16.0. The molecule has 2 aromatic carbocycles. The molecule has 0 spiro atoms. The van der Waals surface area contributed by atoms with Gasteiger partial charge in [0.05, 0.1) is 7.11 Å². The molecule has 5 nitrogen and oxygen atoms in total. The van der Waals surface area contributed by atoms with E-state index in [-0.39, 0.29) is 6.04 Å². The average molecular weight is 332 g/mol. The summed E-state index contributed by atoms with van der Waals surface area (Å²) >= 11 is 0. The maximum atomic E-state index is 5.26. The Labute approximate surface area is 147 Å². The fraction of sp³-hybridized carbons (Fsp3) is 0.200. The standard InChI is InChI=1S/C20H20N4O/c1-13-4-5-16(10-14(13)2)18-11-19(24-20(23-18)21-12-22-24)15-6-8-17(25-3)9-7-15/h4-12,19H,1-3H3,(H,21,22,23)/t19-/m0/s1. The number of aromatic nitrogens is 3. The number of ether oxygens (including phenoxy) is 1. The highest BCUT2D eigenvalue weighted by atomic mass is 16.5. The summed E-state index contributed by atoms with van der Waals surface area (Å²) in [6.45, 7) is 4.25. The number of aryl methyl sites for hydroxylation is 2. The van der Waals surface area contributed by atoms with Crippen molar-refractivity contribution < 1.29 is 4.74 Å². The minimum absolute atomic E-state index is 0.0127. The van der Waals surface area contributed by atoms with Gasteiger partial charge in [-0.3, -0.25) is 0 Å². The Morgan fingerprint density at radius 1 is 1.04 bits per heavy atom. The highest BCUT2D eigenvalue weighted by Gasteiger charge is 2.23. The third-order valence-electron chi connectivity index (χ3n) is 4.68. The number of hydrogen-bond acceptors (Lipinski definition) is 4. The summed E-state index contributed by atoms with van der Waals surface area (Å²) in [6.07, 6.45) is 3.77. The molecule has 1 aromatic heterocycles. The first kappa shape index (κ1) is 15.4. The minimum Gasteiger partial charge on any atom is -0.497 e. The van der Waals surface area contributed by atoms with Gasteiger partial charge in [0.25, 0.3) is 0 Å². The first-order chi connectivity index (χ1) is 12.2. The lowest BCUT2D eigenvalue weighted by Gasteiger charge is -2.24. The number of rotatable bonds is 3. The molecule has 0 saturated heterocycles. The van der Waals surface area contributed by atoms with E-state index < -0.39 is 0 Å². The number of nitrogens with one attached hydrogen (secondary N) is 1. The number of allylic oxidation sites excluding steroid dienone is 1. The van der Waals surface area contributed by atoms with Crippen LogP contribution < -0.4 is 10.1 Å². The summed E-state index contributed by atoms with van der Waals surface area (Å²) in [4.78, 5) is 4.36. The molecule has 0 fully saturated rings. The van der Waals surface area contributed by atoms with E-state index >= 15 is 0 Å². The van der Waals surface area contributed by atoms with Crippen LogP contribution in [0.4, 0.5) is 5.95 Å². The third kappa shape index (κ3) is 2.78. The smallest absolute Gasteiger partial charge is 0.226 e. The maximum Gasteiger partial charge on any atom is 0.226 e.